The third kappa shape index (κ3) is 2.63. The average Bonchev–Trinajstić information content (AvgIpc) is 3.02. The van der Waals surface area contributed by atoms with Crippen LogP contribution in [0.25, 0.3) is 11.0 Å². The maximum Gasteiger partial charge on any atom is 0.341 e. The summed E-state index contributed by atoms with van der Waals surface area (Å²) in [5.74, 6) is -1.92. The van der Waals surface area contributed by atoms with Gasteiger partial charge in [0, 0.05) is 19.3 Å². The largest absolute Gasteiger partial charge is 0.477 e. The smallest absolute Gasteiger partial charge is 0.341 e. The highest BCUT2D eigenvalue weighted by atomic mass is 19.1. The Kier molecular flexibility index (Phi) is 4.30. The molecule has 0 aliphatic carbocycles. The quantitative estimate of drug-likeness (QED) is 0.745. The van der Waals surface area contributed by atoms with Crippen LogP contribution in [-0.4, -0.2) is 58.6 Å². The SMILES string of the molecule is CCn1cc(C(=O)O)c(=O)c2cc(F)c(N3C/C(=N\OC)C4(CCN4)C3)nc21. The Labute approximate surface area is 159 Å². The van der Waals surface area contributed by atoms with Gasteiger partial charge in [-0.25, -0.2) is 14.2 Å². The van der Waals surface area contributed by atoms with Crippen LogP contribution in [0, 0.1) is 5.82 Å². The summed E-state index contributed by atoms with van der Waals surface area (Å²) in [4.78, 5) is 34.9. The molecular formula is C18H20FN5O4. The van der Waals surface area contributed by atoms with E-state index < -0.39 is 22.8 Å². The van der Waals surface area contributed by atoms with Crippen molar-refractivity contribution >= 4 is 28.5 Å². The second-order valence-electron chi connectivity index (χ2n) is 6.96. The van der Waals surface area contributed by atoms with Gasteiger partial charge in [-0.15, -0.1) is 0 Å². The Hall–Kier alpha value is -3.01. The van der Waals surface area contributed by atoms with Gasteiger partial charge in [0.15, 0.2) is 11.6 Å². The summed E-state index contributed by atoms with van der Waals surface area (Å²) >= 11 is 0. The second kappa shape index (κ2) is 6.55. The maximum absolute atomic E-state index is 14.9. The van der Waals surface area contributed by atoms with Crippen LogP contribution < -0.4 is 15.6 Å². The van der Waals surface area contributed by atoms with Gasteiger partial charge in [0.2, 0.25) is 5.43 Å². The summed E-state index contributed by atoms with van der Waals surface area (Å²) in [5.41, 5.74) is -0.475. The summed E-state index contributed by atoms with van der Waals surface area (Å²) in [6, 6.07) is 1.07. The molecule has 148 valence electrons. The van der Waals surface area contributed by atoms with Crippen molar-refractivity contribution in [3.8, 4) is 0 Å². The van der Waals surface area contributed by atoms with Crippen molar-refractivity contribution in [1.82, 2.24) is 14.9 Å². The molecule has 0 bridgehead atoms. The van der Waals surface area contributed by atoms with Crippen molar-refractivity contribution in [3.05, 3.63) is 33.9 Å². The van der Waals surface area contributed by atoms with Crippen molar-refractivity contribution in [1.29, 1.82) is 0 Å². The summed E-state index contributed by atoms with van der Waals surface area (Å²) in [5, 5.41) is 16.6. The number of aryl methyl sites for hydroxylation is 1. The lowest BCUT2D eigenvalue weighted by Gasteiger charge is -2.39. The number of carbonyl (C=O) groups is 1. The first-order valence-corrected chi connectivity index (χ1v) is 8.97. The van der Waals surface area contributed by atoms with E-state index in [4.69, 9.17) is 4.84 Å². The van der Waals surface area contributed by atoms with Crippen LogP contribution in [0.4, 0.5) is 10.2 Å². The Morgan fingerprint density at radius 1 is 1.54 bits per heavy atom. The molecule has 10 heteroatoms. The van der Waals surface area contributed by atoms with Gasteiger partial charge in [0.1, 0.15) is 18.3 Å². The summed E-state index contributed by atoms with van der Waals surface area (Å²) in [6.45, 7) is 3.86. The van der Waals surface area contributed by atoms with Gasteiger partial charge in [0.25, 0.3) is 0 Å². The number of carboxylic acid groups (broad SMARTS) is 1. The molecule has 1 unspecified atom stereocenters. The molecule has 0 saturated carbocycles. The van der Waals surface area contributed by atoms with E-state index in [1.165, 1.54) is 13.3 Å². The lowest BCUT2D eigenvalue weighted by molar-refractivity contribution is 0.0695. The van der Waals surface area contributed by atoms with E-state index in [2.05, 4.69) is 15.5 Å². The Morgan fingerprint density at radius 3 is 2.86 bits per heavy atom. The fourth-order valence-electron chi connectivity index (χ4n) is 3.88. The number of fused-ring (bicyclic) bond motifs is 1. The molecule has 2 aromatic heterocycles. The monoisotopic (exact) mass is 389 g/mol. The lowest BCUT2D eigenvalue weighted by atomic mass is 9.85. The number of nitrogens with zero attached hydrogens (tertiary/aromatic N) is 4. The number of nitrogens with one attached hydrogen (secondary N) is 1. The van der Waals surface area contributed by atoms with Crippen LogP contribution in [0.15, 0.2) is 22.2 Å². The minimum Gasteiger partial charge on any atom is -0.477 e. The number of aromatic carboxylic acids is 1. The fraction of sp³-hybridized carbons (Fsp3) is 0.444. The number of oxime groups is 1. The average molecular weight is 389 g/mol. The summed E-state index contributed by atoms with van der Waals surface area (Å²) < 4.78 is 16.5. The molecule has 2 N–H and O–H groups in total. The summed E-state index contributed by atoms with van der Waals surface area (Å²) in [7, 11) is 1.47. The molecule has 0 radical (unpaired) electrons. The van der Waals surface area contributed by atoms with Gasteiger partial charge in [-0.2, -0.15) is 0 Å². The van der Waals surface area contributed by atoms with E-state index in [0.717, 1.165) is 24.7 Å². The molecule has 2 fully saturated rings. The zero-order valence-corrected chi connectivity index (χ0v) is 15.5. The molecule has 9 nitrogen and oxygen atoms in total. The van der Waals surface area contributed by atoms with E-state index in [1.54, 1.807) is 16.4 Å². The molecule has 1 spiro atoms. The van der Waals surface area contributed by atoms with Crippen LogP contribution in [0.1, 0.15) is 23.7 Å². The molecule has 2 saturated heterocycles. The van der Waals surface area contributed by atoms with E-state index in [0.29, 0.717) is 19.6 Å². The second-order valence-corrected chi connectivity index (χ2v) is 6.96. The van der Waals surface area contributed by atoms with Gasteiger partial charge >= 0.3 is 5.97 Å². The molecule has 2 aliphatic rings. The lowest BCUT2D eigenvalue weighted by Crippen LogP contribution is -2.62. The molecule has 2 aromatic rings. The minimum absolute atomic E-state index is 0.0514. The van der Waals surface area contributed by atoms with Crippen LogP contribution in [0.3, 0.4) is 0 Å². The van der Waals surface area contributed by atoms with E-state index >= 15 is 0 Å². The molecule has 0 aromatic carbocycles. The Bertz CT molecular complexity index is 1060. The van der Waals surface area contributed by atoms with Gasteiger partial charge in [-0.3, -0.25) is 4.79 Å². The number of anilines is 1. The van der Waals surface area contributed by atoms with Gasteiger partial charge < -0.3 is 24.7 Å². The highest BCUT2D eigenvalue weighted by Crippen LogP contribution is 2.33. The van der Waals surface area contributed by atoms with Crippen LogP contribution >= 0.6 is 0 Å². The number of carboxylic acids is 1. The molecule has 4 rings (SSSR count). The van der Waals surface area contributed by atoms with E-state index in [9.17, 15) is 19.1 Å². The van der Waals surface area contributed by atoms with Crippen molar-refractivity contribution in [3.63, 3.8) is 0 Å². The van der Waals surface area contributed by atoms with Gasteiger partial charge in [-0.05, 0) is 26.0 Å². The Morgan fingerprint density at radius 2 is 2.29 bits per heavy atom. The number of hydrogen-bond donors (Lipinski definition) is 2. The van der Waals surface area contributed by atoms with Crippen molar-refractivity contribution in [2.24, 2.45) is 5.16 Å². The third-order valence-electron chi connectivity index (χ3n) is 5.42. The zero-order chi connectivity index (χ0) is 20.1. The number of halogens is 1. The topological polar surface area (TPSA) is 109 Å². The molecule has 2 aliphatic heterocycles. The fourth-order valence-corrected chi connectivity index (χ4v) is 3.88. The first-order chi connectivity index (χ1) is 13.4. The molecule has 4 heterocycles. The van der Waals surface area contributed by atoms with Crippen molar-refractivity contribution in [2.75, 3.05) is 31.6 Å². The predicted octanol–water partition coefficient (Wildman–Crippen LogP) is 0.808. The Balaban J connectivity index is 1.84. The van der Waals surface area contributed by atoms with Crippen LogP contribution in [0.2, 0.25) is 0 Å². The third-order valence-corrected chi connectivity index (χ3v) is 5.42. The first kappa shape index (κ1) is 18.4. The van der Waals surface area contributed by atoms with Gasteiger partial charge in [-0.1, -0.05) is 5.16 Å². The van der Waals surface area contributed by atoms with Crippen LogP contribution in [0.5, 0.6) is 0 Å². The highest BCUT2D eigenvalue weighted by molar-refractivity contribution is 6.01. The van der Waals surface area contributed by atoms with Crippen LogP contribution in [-0.2, 0) is 11.4 Å². The van der Waals surface area contributed by atoms with Crippen molar-refractivity contribution in [2.45, 2.75) is 25.4 Å². The number of pyridine rings is 2. The standard InChI is InChI=1S/C18H20FN5O4/c1-3-23-7-11(17(26)27)14(25)10-6-12(19)16(21-15(10)23)24-8-13(22-28-2)18(9-24)4-5-20-18/h6-7,20H,3-5,8-9H2,1-2H3,(H,26,27)/b22-13+. The minimum atomic E-state index is -1.35. The first-order valence-electron chi connectivity index (χ1n) is 8.97. The van der Waals surface area contributed by atoms with E-state index in [1.807, 2.05) is 0 Å². The van der Waals surface area contributed by atoms with E-state index in [-0.39, 0.29) is 22.4 Å². The summed E-state index contributed by atoms with van der Waals surface area (Å²) in [6.07, 6.45) is 2.11. The number of rotatable bonds is 4. The maximum atomic E-state index is 14.9. The molecule has 0 amide bonds. The number of hydrogen-bond acceptors (Lipinski definition) is 7. The van der Waals surface area contributed by atoms with Gasteiger partial charge in [0.05, 0.1) is 23.2 Å². The predicted molar refractivity (Wildman–Crippen MR) is 101 cm³/mol. The molecule has 28 heavy (non-hydrogen) atoms. The number of aromatic nitrogens is 2. The van der Waals surface area contributed by atoms with Crippen molar-refractivity contribution < 1.29 is 19.1 Å². The molecular weight excluding hydrogens is 369 g/mol. The normalized spacial score (nSPS) is 22.8. The molecule has 1 atom stereocenters. The highest BCUT2D eigenvalue weighted by Gasteiger charge is 2.49. The zero-order valence-electron chi connectivity index (χ0n) is 15.5.